The van der Waals surface area contributed by atoms with Crippen molar-refractivity contribution in [2.75, 3.05) is 19.8 Å². The van der Waals surface area contributed by atoms with Crippen molar-refractivity contribution >= 4 is 5.91 Å². The molecule has 0 aromatic carbocycles. The molecule has 14 heteroatoms. The van der Waals surface area contributed by atoms with Crippen molar-refractivity contribution in [3.8, 4) is 0 Å². The maximum atomic E-state index is 13.4. The molecular weight excluding hydrogens is 1340 g/mol. The molecule has 626 valence electrons. The van der Waals surface area contributed by atoms with Gasteiger partial charge in [0, 0.05) is 6.42 Å². The zero-order valence-corrected chi connectivity index (χ0v) is 69.1. The Kier molecular flexibility index (Phi) is 71.5. The molecule has 9 N–H and O–H groups in total. The fraction of sp³-hybridized carbons (Fsp3) is 0.860. The first kappa shape index (κ1) is 101. The summed E-state index contributed by atoms with van der Waals surface area (Å²) in [5.74, 6) is -0.231. The second-order valence-electron chi connectivity index (χ2n) is 32.1. The van der Waals surface area contributed by atoms with E-state index >= 15 is 0 Å². The van der Waals surface area contributed by atoms with Crippen molar-refractivity contribution < 1.29 is 64.6 Å². The second-order valence-corrected chi connectivity index (χ2v) is 32.1. The number of hydrogen-bond acceptors (Lipinski definition) is 13. The number of nitrogens with one attached hydrogen (secondary N) is 1. The molecule has 0 bridgehead atoms. The Morgan fingerprint density at radius 2 is 0.645 bits per heavy atom. The number of aliphatic hydroxyl groups excluding tert-OH is 8. The van der Waals surface area contributed by atoms with Gasteiger partial charge >= 0.3 is 0 Å². The topological polar surface area (TPSA) is 228 Å². The zero-order valence-electron chi connectivity index (χ0n) is 69.1. The largest absolute Gasteiger partial charge is 0.394 e. The van der Waals surface area contributed by atoms with E-state index in [-0.39, 0.29) is 18.9 Å². The summed E-state index contributed by atoms with van der Waals surface area (Å²) in [6.07, 6.45) is 90.2. The number of unbranched alkanes of at least 4 members (excludes halogenated alkanes) is 55. The number of hydrogen-bond donors (Lipinski definition) is 9. The van der Waals surface area contributed by atoms with Crippen molar-refractivity contribution in [3.63, 3.8) is 0 Å². The molecule has 12 atom stereocenters. The lowest BCUT2D eigenvalue weighted by Crippen LogP contribution is -2.65. The monoisotopic (exact) mass is 1510 g/mol. The van der Waals surface area contributed by atoms with E-state index in [2.05, 4.69) is 79.9 Å². The zero-order chi connectivity index (χ0) is 77.2. The van der Waals surface area contributed by atoms with Gasteiger partial charge in [-0.05, 0) is 64.2 Å². The van der Waals surface area contributed by atoms with Crippen LogP contribution in [0, 0.1) is 0 Å². The molecule has 2 rings (SSSR count). The maximum absolute atomic E-state index is 13.4. The van der Waals surface area contributed by atoms with E-state index in [1.807, 2.05) is 6.08 Å². The summed E-state index contributed by atoms with van der Waals surface area (Å²) in [6, 6.07) is -0.917. The standard InChI is InChI=1S/C93H171NO13/c1-3-5-7-9-11-13-15-17-19-21-23-25-27-29-31-33-35-37-38-39-40-41-42-43-44-45-47-49-51-53-55-57-59-61-63-65-67-69-71-73-75-77-85(98)94-81(80-104-92-90(103)88(101)91(84(79-96)106-92)107-93-89(102)87(100)86(99)83(78-95)105-93)82(97)76-74-72-70-68-66-64-62-60-58-56-54-52-50-48-46-36-34-32-30-28-26-24-22-20-18-16-14-12-10-8-6-4-2/h5,7,11,13,17,19,23,25,29,31,74,76,81-84,86-93,95-97,99-103H,3-4,6,8-10,12,14-16,18,20-22,24,26-28,30,32-73,75,77-80H2,1-2H3,(H,94,98)/b7-5-,13-11-,19-17-,25-23-,31-29-,76-74+. The van der Waals surface area contributed by atoms with E-state index in [0.29, 0.717) is 6.42 Å². The number of amides is 1. The minimum Gasteiger partial charge on any atom is -0.394 e. The molecule has 0 aliphatic carbocycles. The van der Waals surface area contributed by atoms with Crippen molar-refractivity contribution in [1.29, 1.82) is 0 Å². The average Bonchev–Trinajstić information content (AvgIpc) is 0.789. The smallest absolute Gasteiger partial charge is 0.220 e. The molecule has 12 unspecified atom stereocenters. The highest BCUT2D eigenvalue weighted by Crippen LogP contribution is 2.31. The highest BCUT2D eigenvalue weighted by molar-refractivity contribution is 5.76. The molecule has 0 radical (unpaired) electrons. The van der Waals surface area contributed by atoms with Gasteiger partial charge in [-0.15, -0.1) is 0 Å². The van der Waals surface area contributed by atoms with Crippen LogP contribution in [0.5, 0.6) is 0 Å². The minimum atomic E-state index is -1.79. The molecule has 0 saturated carbocycles. The predicted molar refractivity (Wildman–Crippen MR) is 447 cm³/mol. The fourth-order valence-electron chi connectivity index (χ4n) is 15.0. The van der Waals surface area contributed by atoms with Crippen LogP contribution in [0.15, 0.2) is 72.9 Å². The molecular formula is C93H171NO13. The third-order valence-electron chi connectivity index (χ3n) is 22.1. The summed E-state index contributed by atoms with van der Waals surface area (Å²) in [4.78, 5) is 13.4. The molecule has 1 amide bonds. The number of ether oxygens (including phenoxy) is 4. The van der Waals surface area contributed by atoms with Crippen LogP contribution in [0.2, 0.25) is 0 Å². The van der Waals surface area contributed by atoms with Gasteiger partial charge in [0.05, 0.1) is 32.0 Å². The number of aliphatic hydroxyl groups is 8. The molecule has 2 fully saturated rings. The molecule has 0 aromatic heterocycles. The number of allylic oxidation sites excluding steroid dienone is 11. The van der Waals surface area contributed by atoms with Crippen LogP contribution in [0.25, 0.3) is 0 Å². The Morgan fingerprint density at radius 1 is 0.346 bits per heavy atom. The number of carbonyl (C=O) groups excluding carboxylic acids is 1. The summed E-state index contributed by atoms with van der Waals surface area (Å²) in [5, 5.41) is 87.9. The molecule has 2 heterocycles. The van der Waals surface area contributed by atoms with Gasteiger partial charge in [-0.25, -0.2) is 0 Å². The number of rotatable bonds is 78. The van der Waals surface area contributed by atoms with Gasteiger partial charge in [-0.3, -0.25) is 4.79 Å². The van der Waals surface area contributed by atoms with E-state index in [0.717, 1.165) is 70.6 Å². The quantitative estimate of drug-likeness (QED) is 0.0204. The van der Waals surface area contributed by atoms with Crippen molar-refractivity contribution in [2.45, 2.75) is 492 Å². The van der Waals surface area contributed by atoms with E-state index in [4.69, 9.17) is 18.9 Å². The lowest BCUT2D eigenvalue weighted by atomic mass is 9.97. The minimum absolute atomic E-state index is 0.231. The van der Waals surface area contributed by atoms with Gasteiger partial charge in [-0.2, -0.15) is 0 Å². The molecule has 2 aliphatic rings. The Balaban J connectivity index is 1.55. The third kappa shape index (κ3) is 58.0. The number of carbonyl (C=O) groups is 1. The Hall–Kier alpha value is -2.57. The molecule has 107 heavy (non-hydrogen) atoms. The second kappa shape index (κ2) is 76.1. The molecule has 0 spiro atoms. The normalized spacial score (nSPS) is 21.5. The summed E-state index contributed by atoms with van der Waals surface area (Å²) in [6.45, 7) is 2.75. The van der Waals surface area contributed by atoms with Crippen LogP contribution in [0.4, 0.5) is 0 Å². The van der Waals surface area contributed by atoms with Crippen molar-refractivity contribution in [2.24, 2.45) is 0 Å². The van der Waals surface area contributed by atoms with Crippen molar-refractivity contribution in [1.82, 2.24) is 5.32 Å². The van der Waals surface area contributed by atoms with Crippen LogP contribution >= 0.6 is 0 Å². The van der Waals surface area contributed by atoms with E-state index < -0.39 is 86.8 Å². The van der Waals surface area contributed by atoms with E-state index in [1.165, 1.54) is 321 Å². The Morgan fingerprint density at radius 3 is 0.991 bits per heavy atom. The average molecular weight is 1510 g/mol. The van der Waals surface area contributed by atoms with Crippen LogP contribution in [0.3, 0.4) is 0 Å². The molecule has 2 aliphatic heterocycles. The molecule has 0 aromatic rings. The third-order valence-corrected chi connectivity index (χ3v) is 22.1. The van der Waals surface area contributed by atoms with Gasteiger partial charge in [0.15, 0.2) is 12.6 Å². The van der Waals surface area contributed by atoms with Gasteiger partial charge in [0.2, 0.25) is 5.91 Å². The van der Waals surface area contributed by atoms with Gasteiger partial charge < -0.3 is 65.1 Å². The van der Waals surface area contributed by atoms with Crippen molar-refractivity contribution in [3.05, 3.63) is 72.9 Å². The first-order chi connectivity index (χ1) is 52.6. The summed E-state index contributed by atoms with van der Waals surface area (Å²) < 4.78 is 23.0. The lowest BCUT2D eigenvalue weighted by Gasteiger charge is -2.46. The first-order valence-electron chi connectivity index (χ1n) is 45.7. The van der Waals surface area contributed by atoms with Gasteiger partial charge in [-0.1, -0.05) is 421 Å². The maximum Gasteiger partial charge on any atom is 0.220 e. The van der Waals surface area contributed by atoms with Crippen LogP contribution in [-0.2, 0) is 23.7 Å². The van der Waals surface area contributed by atoms with Crippen LogP contribution < -0.4 is 5.32 Å². The van der Waals surface area contributed by atoms with Gasteiger partial charge in [0.25, 0.3) is 0 Å². The molecule has 14 nitrogen and oxygen atoms in total. The van der Waals surface area contributed by atoms with E-state index in [9.17, 15) is 45.6 Å². The Bertz CT molecular complexity index is 2080. The summed E-state index contributed by atoms with van der Waals surface area (Å²) >= 11 is 0. The molecule has 2 saturated heterocycles. The highest BCUT2D eigenvalue weighted by Gasteiger charge is 2.51. The lowest BCUT2D eigenvalue weighted by molar-refractivity contribution is -0.359. The van der Waals surface area contributed by atoms with E-state index in [1.54, 1.807) is 6.08 Å². The van der Waals surface area contributed by atoms with Crippen LogP contribution in [0.1, 0.15) is 418 Å². The Labute approximate surface area is 657 Å². The first-order valence-corrected chi connectivity index (χ1v) is 45.7. The van der Waals surface area contributed by atoms with Crippen LogP contribution in [-0.4, -0.2) is 140 Å². The summed E-state index contributed by atoms with van der Waals surface area (Å²) in [7, 11) is 0. The highest BCUT2D eigenvalue weighted by atomic mass is 16.7. The fourth-order valence-corrected chi connectivity index (χ4v) is 15.0. The predicted octanol–water partition coefficient (Wildman–Crippen LogP) is 22.4. The van der Waals surface area contributed by atoms with Gasteiger partial charge in [0.1, 0.15) is 48.8 Å². The SMILES string of the molecule is CC/C=C\C/C=C\C/C=C\C/C=C\C/C=C\CCCCCCCCCCCCCCCCCCCCCCCCCCCC(=O)NC(COC1OC(CO)C(OC2OC(CO)C(O)C(O)C2O)C(O)C1O)C(O)/C=C/CCCCCCCCCCCCCCCCCCCCCCCCCCCCCCCC. The summed E-state index contributed by atoms with van der Waals surface area (Å²) in [5.41, 5.74) is 0.